The van der Waals surface area contributed by atoms with Crippen molar-refractivity contribution < 1.29 is 14.7 Å². The van der Waals surface area contributed by atoms with E-state index in [9.17, 15) is 9.59 Å². The van der Waals surface area contributed by atoms with Crippen molar-refractivity contribution >= 4 is 17.6 Å². The van der Waals surface area contributed by atoms with Gasteiger partial charge in [0.25, 0.3) is 0 Å². The van der Waals surface area contributed by atoms with Crippen molar-refractivity contribution in [1.82, 2.24) is 0 Å². The number of hydrogen-bond acceptors (Lipinski definition) is 2. The molecule has 4 heteroatoms. The van der Waals surface area contributed by atoms with Crippen molar-refractivity contribution in [2.45, 2.75) is 51.9 Å². The number of benzene rings is 1. The molecule has 0 heterocycles. The number of carbonyl (C=O) groups excluding carboxylic acids is 1. The van der Waals surface area contributed by atoms with Crippen molar-refractivity contribution in [2.75, 3.05) is 5.32 Å². The molecular weight excluding hydrogens is 278 g/mol. The Bertz CT molecular complexity index is 521. The van der Waals surface area contributed by atoms with Crippen LogP contribution >= 0.6 is 0 Å². The summed E-state index contributed by atoms with van der Waals surface area (Å²) in [5.41, 5.74) is 1.28. The zero-order valence-electron chi connectivity index (χ0n) is 13.2. The maximum absolute atomic E-state index is 12.5. The van der Waals surface area contributed by atoms with E-state index < -0.39 is 5.97 Å². The molecule has 1 aromatic rings. The fraction of sp³-hybridized carbons (Fsp3) is 0.556. The first-order valence-corrected chi connectivity index (χ1v) is 8.20. The number of carboxylic acid groups (broad SMARTS) is 1. The Labute approximate surface area is 131 Å². The number of anilines is 1. The third-order valence-corrected chi connectivity index (χ3v) is 4.57. The molecule has 1 fully saturated rings. The Balaban J connectivity index is 2.01. The van der Waals surface area contributed by atoms with E-state index in [0.29, 0.717) is 17.2 Å². The normalized spacial score (nSPS) is 16.4. The number of hydrogen-bond donors (Lipinski definition) is 2. The van der Waals surface area contributed by atoms with Gasteiger partial charge in [-0.05, 0) is 30.4 Å². The van der Waals surface area contributed by atoms with Crippen LogP contribution in [0.5, 0.6) is 0 Å². The van der Waals surface area contributed by atoms with Gasteiger partial charge in [-0.1, -0.05) is 50.8 Å². The van der Waals surface area contributed by atoms with Gasteiger partial charge in [-0.3, -0.25) is 9.59 Å². The molecular formula is C18H25NO3. The lowest BCUT2D eigenvalue weighted by molar-refractivity contribution is -0.136. The van der Waals surface area contributed by atoms with Gasteiger partial charge in [0.15, 0.2) is 0 Å². The van der Waals surface area contributed by atoms with E-state index in [1.807, 2.05) is 13.0 Å². The Kier molecular flexibility index (Phi) is 5.99. The summed E-state index contributed by atoms with van der Waals surface area (Å²) in [6, 6.07) is 7.14. The number of para-hydroxylation sites is 1. The Morgan fingerprint density at radius 3 is 2.59 bits per heavy atom. The summed E-state index contributed by atoms with van der Waals surface area (Å²) in [7, 11) is 0. The van der Waals surface area contributed by atoms with Gasteiger partial charge in [-0.25, -0.2) is 0 Å². The number of amides is 1. The fourth-order valence-corrected chi connectivity index (χ4v) is 3.30. The SMILES string of the molecule is CCC(CC1CCCC1)C(=O)Nc1ccccc1CC(=O)O. The van der Waals surface area contributed by atoms with E-state index in [2.05, 4.69) is 5.32 Å². The minimum Gasteiger partial charge on any atom is -0.481 e. The highest BCUT2D eigenvalue weighted by atomic mass is 16.4. The first-order valence-electron chi connectivity index (χ1n) is 8.20. The van der Waals surface area contributed by atoms with Crippen molar-refractivity contribution in [2.24, 2.45) is 11.8 Å². The van der Waals surface area contributed by atoms with Crippen LogP contribution in [0.4, 0.5) is 5.69 Å². The van der Waals surface area contributed by atoms with Gasteiger partial charge in [0.05, 0.1) is 6.42 Å². The smallest absolute Gasteiger partial charge is 0.307 e. The van der Waals surface area contributed by atoms with Crippen LogP contribution in [-0.4, -0.2) is 17.0 Å². The molecule has 1 aromatic carbocycles. The predicted molar refractivity (Wildman–Crippen MR) is 86.8 cm³/mol. The molecule has 2 N–H and O–H groups in total. The Morgan fingerprint density at radius 2 is 1.95 bits per heavy atom. The third kappa shape index (κ3) is 4.58. The maximum Gasteiger partial charge on any atom is 0.307 e. The van der Waals surface area contributed by atoms with E-state index in [4.69, 9.17) is 5.11 Å². The van der Waals surface area contributed by atoms with Crippen molar-refractivity contribution in [3.63, 3.8) is 0 Å². The third-order valence-electron chi connectivity index (χ3n) is 4.57. The summed E-state index contributed by atoms with van der Waals surface area (Å²) in [5, 5.41) is 11.9. The molecule has 1 atom stereocenters. The molecule has 0 bridgehead atoms. The monoisotopic (exact) mass is 303 g/mol. The molecule has 0 radical (unpaired) electrons. The molecule has 0 saturated heterocycles. The van der Waals surface area contributed by atoms with E-state index in [0.717, 1.165) is 12.8 Å². The van der Waals surface area contributed by atoms with Gasteiger partial charge in [-0.2, -0.15) is 0 Å². The molecule has 1 unspecified atom stereocenters. The molecule has 1 aliphatic rings. The maximum atomic E-state index is 12.5. The zero-order chi connectivity index (χ0) is 15.9. The second-order valence-electron chi connectivity index (χ2n) is 6.21. The molecule has 120 valence electrons. The second-order valence-corrected chi connectivity index (χ2v) is 6.21. The first kappa shape index (κ1) is 16.5. The minimum atomic E-state index is -0.889. The summed E-state index contributed by atoms with van der Waals surface area (Å²) < 4.78 is 0. The molecule has 1 saturated carbocycles. The largest absolute Gasteiger partial charge is 0.481 e. The van der Waals surface area contributed by atoms with Crippen LogP contribution in [0.25, 0.3) is 0 Å². The van der Waals surface area contributed by atoms with Gasteiger partial charge in [-0.15, -0.1) is 0 Å². The number of carboxylic acids is 1. The average molecular weight is 303 g/mol. The molecule has 1 amide bonds. The summed E-state index contributed by atoms with van der Waals surface area (Å²) in [6.07, 6.45) is 6.73. The molecule has 2 rings (SSSR count). The second kappa shape index (κ2) is 7.97. The van der Waals surface area contributed by atoms with Gasteiger partial charge in [0, 0.05) is 11.6 Å². The molecule has 1 aliphatic carbocycles. The van der Waals surface area contributed by atoms with Crippen LogP contribution in [0.15, 0.2) is 24.3 Å². The van der Waals surface area contributed by atoms with Crippen LogP contribution in [0, 0.1) is 11.8 Å². The van der Waals surface area contributed by atoms with E-state index in [1.54, 1.807) is 18.2 Å². The topological polar surface area (TPSA) is 66.4 Å². The summed E-state index contributed by atoms with van der Waals surface area (Å²) in [4.78, 5) is 23.4. The quantitative estimate of drug-likeness (QED) is 0.804. The molecule has 0 aromatic heterocycles. The van der Waals surface area contributed by atoms with E-state index in [-0.39, 0.29) is 18.2 Å². The number of aliphatic carboxylic acids is 1. The number of rotatable bonds is 7. The Morgan fingerprint density at radius 1 is 1.27 bits per heavy atom. The average Bonchev–Trinajstić information content (AvgIpc) is 2.99. The fourth-order valence-electron chi connectivity index (χ4n) is 3.30. The predicted octanol–water partition coefficient (Wildman–Crippen LogP) is 3.86. The minimum absolute atomic E-state index is 0.0148. The highest BCUT2D eigenvalue weighted by molar-refractivity contribution is 5.93. The van der Waals surface area contributed by atoms with Crippen molar-refractivity contribution in [3.8, 4) is 0 Å². The zero-order valence-corrected chi connectivity index (χ0v) is 13.2. The molecule has 0 aliphatic heterocycles. The van der Waals surface area contributed by atoms with Crippen molar-refractivity contribution in [3.05, 3.63) is 29.8 Å². The van der Waals surface area contributed by atoms with Gasteiger partial charge in [0.1, 0.15) is 0 Å². The molecule has 0 spiro atoms. The summed E-state index contributed by atoms with van der Waals surface area (Å²) >= 11 is 0. The lowest BCUT2D eigenvalue weighted by Crippen LogP contribution is -2.25. The van der Waals surface area contributed by atoms with E-state index >= 15 is 0 Å². The number of carbonyl (C=O) groups is 2. The van der Waals surface area contributed by atoms with Gasteiger partial charge in [0.2, 0.25) is 5.91 Å². The van der Waals surface area contributed by atoms with Crippen molar-refractivity contribution in [1.29, 1.82) is 0 Å². The van der Waals surface area contributed by atoms with Crippen LogP contribution < -0.4 is 5.32 Å². The number of nitrogens with one attached hydrogen (secondary N) is 1. The Hall–Kier alpha value is -1.84. The van der Waals surface area contributed by atoms with Crippen LogP contribution in [0.2, 0.25) is 0 Å². The van der Waals surface area contributed by atoms with Crippen LogP contribution in [0.3, 0.4) is 0 Å². The summed E-state index contributed by atoms with van der Waals surface area (Å²) in [6.45, 7) is 2.04. The van der Waals surface area contributed by atoms with Crippen LogP contribution in [0.1, 0.15) is 51.0 Å². The van der Waals surface area contributed by atoms with E-state index in [1.165, 1.54) is 25.7 Å². The van der Waals surface area contributed by atoms with Gasteiger partial charge >= 0.3 is 5.97 Å². The molecule has 4 nitrogen and oxygen atoms in total. The first-order chi connectivity index (χ1) is 10.6. The highest BCUT2D eigenvalue weighted by Crippen LogP contribution is 2.32. The highest BCUT2D eigenvalue weighted by Gasteiger charge is 2.24. The molecule has 22 heavy (non-hydrogen) atoms. The standard InChI is InChI=1S/C18H25NO3/c1-2-14(11-13-7-3-4-8-13)18(22)19-16-10-6-5-9-15(16)12-17(20)21/h5-6,9-10,13-14H,2-4,7-8,11-12H2,1H3,(H,19,22)(H,20,21). The summed E-state index contributed by atoms with van der Waals surface area (Å²) in [5.74, 6) is -0.183. The van der Waals surface area contributed by atoms with Gasteiger partial charge < -0.3 is 10.4 Å². The lowest BCUT2D eigenvalue weighted by atomic mass is 9.90. The van der Waals surface area contributed by atoms with Crippen LogP contribution in [-0.2, 0) is 16.0 Å². The lowest BCUT2D eigenvalue weighted by Gasteiger charge is -2.19.